The number of amides is 1. The second-order valence-corrected chi connectivity index (χ2v) is 7.35. The summed E-state index contributed by atoms with van der Waals surface area (Å²) in [6.07, 6.45) is 1.27. The summed E-state index contributed by atoms with van der Waals surface area (Å²) in [6, 6.07) is 6.57. The molecule has 0 aromatic carbocycles. The number of carbonyl (C=O) groups excluding carboxylic acids is 1. The van der Waals surface area contributed by atoms with E-state index in [0.717, 1.165) is 28.4 Å². The fourth-order valence-electron chi connectivity index (χ4n) is 1.72. The van der Waals surface area contributed by atoms with Gasteiger partial charge in [-0.05, 0) is 30.7 Å². The molecular weight excluding hydrogens is 312 g/mol. The predicted molar refractivity (Wildman–Crippen MR) is 79.8 cm³/mol. The zero-order valence-electron chi connectivity index (χ0n) is 11.5. The van der Waals surface area contributed by atoms with Crippen LogP contribution in [0.1, 0.15) is 28.1 Å². The Morgan fingerprint density at radius 1 is 1.33 bits per heavy atom. The quantitative estimate of drug-likeness (QED) is 0.839. The van der Waals surface area contributed by atoms with Crippen LogP contribution in [0.15, 0.2) is 32.9 Å². The second kappa shape index (κ2) is 6.42. The molecule has 0 unspecified atom stereocenters. The molecule has 2 heterocycles. The van der Waals surface area contributed by atoms with Crippen LogP contribution in [-0.4, -0.2) is 20.9 Å². The van der Waals surface area contributed by atoms with Crippen LogP contribution in [0, 0.1) is 0 Å². The molecule has 2 aromatic rings. The molecule has 6 nitrogen and oxygen atoms in total. The summed E-state index contributed by atoms with van der Waals surface area (Å²) in [6.45, 7) is 2.34. The molecule has 0 radical (unpaired) electrons. The molecule has 0 saturated heterocycles. The molecule has 0 fully saturated rings. The zero-order chi connectivity index (χ0) is 15.5. The van der Waals surface area contributed by atoms with E-state index >= 15 is 0 Å². The van der Waals surface area contributed by atoms with Gasteiger partial charge >= 0.3 is 0 Å². The fraction of sp³-hybridized carbons (Fsp3) is 0.308. The van der Waals surface area contributed by atoms with Crippen LogP contribution < -0.4 is 10.5 Å². The number of hydrogen-bond donors (Lipinski definition) is 2. The molecule has 0 aliphatic rings. The summed E-state index contributed by atoms with van der Waals surface area (Å²) in [4.78, 5) is 12.7. The topological polar surface area (TPSA) is 102 Å². The van der Waals surface area contributed by atoms with Gasteiger partial charge in [0.2, 0.25) is 10.0 Å². The smallest absolute Gasteiger partial charge is 0.287 e. The molecule has 0 spiro atoms. The van der Waals surface area contributed by atoms with E-state index in [1.54, 1.807) is 18.2 Å². The number of furan rings is 1. The lowest BCUT2D eigenvalue weighted by atomic mass is 10.3. The number of thiophene rings is 1. The van der Waals surface area contributed by atoms with Crippen molar-refractivity contribution in [1.82, 2.24) is 5.32 Å². The Balaban J connectivity index is 1.86. The van der Waals surface area contributed by atoms with Crippen molar-refractivity contribution in [2.24, 2.45) is 5.14 Å². The Labute approximate surface area is 127 Å². The van der Waals surface area contributed by atoms with E-state index in [9.17, 15) is 13.2 Å². The van der Waals surface area contributed by atoms with Crippen molar-refractivity contribution >= 4 is 27.3 Å². The van der Waals surface area contributed by atoms with Gasteiger partial charge in [-0.1, -0.05) is 6.92 Å². The Morgan fingerprint density at radius 2 is 2.10 bits per heavy atom. The first-order valence-corrected chi connectivity index (χ1v) is 8.75. The number of rotatable bonds is 6. The van der Waals surface area contributed by atoms with Gasteiger partial charge in [0.1, 0.15) is 9.97 Å². The van der Waals surface area contributed by atoms with Crippen LogP contribution in [0.2, 0.25) is 0 Å². The highest BCUT2D eigenvalue weighted by Crippen LogP contribution is 2.20. The van der Waals surface area contributed by atoms with Crippen molar-refractivity contribution in [3.8, 4) is 0 Å². The molecule has 0 atom stereocenters. The van der Waals surface area contributed by atoms with Gasteiger partial charge in [-0.25, -0.2) is 13.6 Å². The zero-order valence-corrected chi connectivity index (χ0v) is 13.1. The maximum Gasteiger partial charge on any atom is 0.287 e. The highest BCUT2D eigenvalue weighted by molar-refractivity contribution is 7.91. The van der Waals surface area contributed by atoms with Crippen LogP contribution in [0.5, 0.6) is 0 Å². The average molecular weight is 328 g/mol. The van der Waals surface area contributed by atoms with Gasteiger partial charge in [0, 0.05) is 17.8 Å². The Bertz CT molecular complexity index is 731. The van der Waals surface area contributed by atoms with E-state index in [4.69, 9.17) is 9.56 Å². The first-order valence-electron chi connectivity index (χ1n) is 6.38. The van der Waals surface area contributed by atoms with Gasteiger partial charge in [-0.3, -0.25) is 4.79 Å². The van der Waals surface area contributed by atoms with Gasteiger partial charge in [0.15, 0.2) is 5.76 Å². The highest BCUT2D eigenvalue weighted by Gasteiger charge is 2.12. The summed E-state index contributed by atoms with van der Waals surface area (Å²) in [5.41, 5.74) is 0. The summed E-state index contributed by atoms with van der Waals surface area (Å²) in [5, 5.41) is 7.77. The van der Waals surface area contributed by atoms with Crippen molar-refractivity contribution in [3.05, 3.63) is 40.7 Å². The van der Waals surface area contributed by atoms with Gasteiger partial charge in [-0.2, -0.15) is 0 Å². The first-order chi connectivity index (χ1) is 9.90. The lowest BCUT2D eigenvalue weighted by molar-refractivity contribution is 0.0925. The molecular formula is C13H16N2O4S2. The number of hydrogen-bond acceptors (Lipinski definition) is 5. The third-order valence-corrected chi connectivity index (χ3v) is 5.39. The molecule has 0 aliphatic carbocycles. The maximum atomic E-state index is 11.8. The molecule has 0 bridgehead atoms. The molecule has 8 heteroatoms. The van der Waals surface area contributed by atoms with E-state index in [1.807, 2.05) is 6.92 Å². The van der Waals surface area contributed by atoms with Crippen LogP contribution in [0.4, 0.5) is 0 Å². The van der Waals surface area contributed by atoms with Crippen LogP contribution >= 0.6 is 11.3 Å². The lowest BCUT2D eigenvalue weighted by Gasteiger charge is -2.01. The highest BCUT2D eigenvalue weighted by atomic mass is 32.2. The molecule has 21 heavy (non-hydrogen) atoms. The summed E-state index contributed by atoms with van der Waals surface area (Å²) >= 11 is 1.11. The second-order valence-electron chi connectivity index (χ2n) is 4.39. The largest absolute Gasteiger partial charge is 0.456 e. The predicted octanol–water partition coefficient (Wildman–Crippen LogP) is 1.52. The van der Waals surface area contributed by atoms with E-state index in [2.05, 4.69) is 5.32 Å². The minimum Gasteiger partial charge on any atom is -0.456 e. The van der Waals surface area contributed by atoms with E-state index in [1.165, 1.54) is 6.07 Å². The van der Waals surface area contributed by atoms with Crippen LogP contribution in [0.25, 0.3) is 0 Å². The van der Waals surface area contributed by atoms with E-state index in [-0.39, 0.29) is 15.9 Å². The third-order valence-electron chi connectivity index (χ3n) is 2.81. The lowest BCUT2D eigenvalue weighted by Crippen LogP contribution is -2.25. The molecule has 0 saturated carbocycles. The average Bonchev–Trinajstić information content (AvgIpc) is 3.06. The molecule has 2 aromatic heterocycles. The van der Waals surface area contributed by atoms with E-state index in [0.29, 0.717) is 13.0 Å². The number of nitrogens with one attached hydrogen (secondary N) is 1. The standard InChI is InChI=1S/C13H16N2O4S2/c1-2-9-3-5-11(19-9)13(16)15-8-7-10-4-6-12(20-10)21(14,17)18/h3-6H,2,7-8H2,1H3,(H,15,16)(H2,14,17,18). The summed E-state index contributed by atoms with van der Waals surface area (Å²) in [7, 11) is -3.65. The monoisotopic (exact) mass is 328 g/mol. The normalized spacial score (nSPS) is 11.5. The van der Waals surface area contributed by atoms with Crippen molar-refractivity contribution in [2.75, 3.05) is 6.54 Å². The minimum atomic E-state index is -3.65. The Kier molecular flexibility index (Phi) is 4.81. The molecule has 114 valence electrons. The van der Waals surface area contributed by atoms with Crippen LogP contribution in [-0.2, 0) is 22.9 Å². The van der Waals surface area contributed by atoms with Crippen molar-refractivity contribution < 1.29 is 17.6 Å². The number of aryl methyl sites for hydroxylation is 1. The Morgan fingerprint density at radius 3 is 2.67 bits per heavy atom. The number of sulfonamides is 1. The summed E-state index contributed by atoms with van der Waals surface area (Å²) in [5.74, 6) is 0.761. The summed E-state index contributed by atoms with van der Waals surface area (Å²) < 4.78 is 27.8. The molecule has 0 aliphatic heterocycles. The SMILES string of the molecule is CCc1ccc(C(=O)NCCc2ccc(S(N)(=O)=O)s2)o1. The molecule has 3 N–H and O–H groups in total. The first kappa shape index (κ1) is 15.7. The minimum absolute atomic E-state index is 0.127. The van der Waals surface area contributed by atoms with Gasteiger partial charge in [0.25, 0.3) is 5.91 Å². The van der Waals surface area contributed by atoms with Crippen LogP contribution in [0.3, 0.4) is 0 Å². The molecule has 2 rings (SSSR count). The Hall–Kier alpha value is -1.64. The third kappa shape index (κ3) is 4.16. The van der Waals surface area contributed by atoms with Gasteiger partial charge in [0.05, 0.1) is 0 Å². The number of primary sulfonamides is 1. The fourth-order valence-corrected chi connectivity index (χ4v) is 3.50. The van der Waals surface area contributed by atoms with Crippen molar-refractivity contribution in [2.45, 2.75) is 24.0 Å². The van der Waals surface area contributed by atoms with Crippen molar-refractivity contribution in [1.29, 1.82) is 0 Å². The number of carbonyl (C=O) groups is 1. The van der Waals surface area contributed by atoms with Gasteiger partial charge < -0.3 is 9.73 Å². The van der Waals surface area contributed by atoms with Crippen molar-refractivity contribution in [3.63, 3.8) is 0 Å². The maximum absolute atomic E-state index is 11.8. The molecule has 1 amide bonds. The van der Waals surface area contributed by atoms with E-state index < -0.39 is 10.0 Å². The van der Waals surface area contributed by atoms with Gasteiger partial charge in [-0.15, -0.1) is 11.3 Å². The number of nitrogens with two attached hydrogens (primary N) is 1.